The van der Waals surface area contributed by atoms with Crippen molar-refractivity contribution in [2.75, 3.05) is 0 Å². The predicted molar refractivity (Wildman–Crippen MR) is 41.6 cm³/mol. The van der Waals surface area contributed by atoms with E-state index >= 15 is 0 Å². The molecule has 1 fully saturated rings. The maximum atomic E-state index is 9.43. The second kappa shape index (κ2) is 3.35. The summed E-state index contributed by atoms with van der Waals surface area (Å²) >= 11 is 0. The van der Waals surface area contributed by atoms with Crippen LogP contribution in [0.3, 0.4) is 0 Å². The monoisotopic (exact) mass is 143 g/mol. The molecule has 0 aromatic rings. The van der Waals surface area contributed by atoms with Crippen molar-refractivity contribution in [1.29, 1.82) is 0 Å². The second-order valence-electron chi connectivity index (χ2n) is 3.46. The van der Waals surface area contributed by atoms with Crippen molar-refractivity contribution >= 4 is 0 Å². The Morgan fingerprint density at radius 1 is 1.40 bits per heavy atom. The molecule has 0 radical (unpaired) electrons. The van der Waals surface area contributed by atoms with Crippen LogP contribution in [0.1, 0.15) is 33.1 Å². The third-order valence-electron chi connectivity index (χ3n) is 2.10. The summed E-state index contributed by atoms with van der Waals surface area (Å²) in [5.41, 5.74) is 0. The summed E-state index contributed by atoms with van der Waals surface area (Å²) in [4.78, 5) is 0. The molecular formula is C8H17NO. The average molecular weight is 143 g/mol. The van der Waals surface area contributed by atoms with E-state index in [1.807, 2.05) is 0 Å². The Balaban J connectivity index is 2.13. The zero-order valence-corrected chi connectivity index (χ0v) is 6.80. The van der Waals surface area contributed by atoms with E-state index in [1.165, 1.54) is 19.3 Å². The van der Waals surface area contributed by atoms with E-state index < -0.39 is 0 Å². The van der Waals surface area contributed by atoms with Gasteiger partial charge < -0.3 is 5.11 Å². The molecule has 0 aromatic heterocycles. The number of hydrogen-bond donors (Lipinski definition) is 2. The summed E-state index contributed by atoms with van der Waals surface area (Å²) in [5, 5.41) is 12.5. The van der Waals surface area contributed by atoms with Crippen molar-refractivity contribution < 1.29 is 5.11 Å². The highest BCUT2D eigenvalue weighted by Gasteiger charge is 2.25. The van der Waals surface area contributed by atoms with Crippen LogP contribution in [-0.4, -0.2) is 17.4 Å². The van der Waals surface area contributed by atoms with Crippen molar-refractivity contribution in [2.24, 2.45) is 5.92 Å². The van der Waals surface area contributed by atoms with Gasteiger partial charge in [-0.05, 0) is 32.6 Å². The Labute approximate surface area is 62.6 Å². The van der Waals surface area contributed by atoms with Crippen LogP contribution >= 0.6 is 0 Å². The third-order valence-corrected chi connectivity index (χ3v) is 2.10. The first-order valence-corrected chi connectivity index (χ1v) is 4.14. The quantitative estimate of drug-likeness (QED) is 0.580. The Bertz CT molecular complexity index is 99.4. The van der Waals surface area contributed by atoms with Gasteiger partial charge in [-0.25, -0.2) is 0 Å². The van der Waals surface area contributed by atoms with Gasteiger partial charge in [-0.1, -0.05) is 6.42 Å². The minimum Gasteiger partial charge on any atom is -0.378 e. The molecule has 1 unspecified atom stereocenters. The molecule has 1 aliphatic rings. The van der Waals surface area contributed by atoms with Crippen LogP contribution in [0.4, 0.5) is 0 Å². The molecular weight excluding hydrogens is 126 g/mol. The molecule has 1 aliphatic carbocycles. The lowest BCUT2D eigenvalue weighted by Crippen LogP contribution is -2.42. The van der Waals surface area contributed by atoms with Gasteiger partial charge in [-0.3, -0.25) is 5.32 Å². The Morgan fingerprint density at radius 3 is 2.30 bits per heavy atom. The van der Waals surface area contributed by atoms with E-state index in [9.17, 15) is 5.11 Å². The normalized spacial score (nSPS) is 22.8. The highest BCUT2D eigenvalue weighted by molar-refractivity contribution is 4.76. The molecule has 0 heterocycles. The second-order valence-corrected chi connectivity index (χ2v) is 3.46. The maximum Gasteiger partial charge on any atom is 0.107 e. The number of aliphatic hydroxyl groups excluding tert-OH is 1. The van der Waals surface area contributed by atoms with Crippen LogP contribution in [0.2, 0.25) is 0 Å². The van der Waals surface area contributed by atoms with Crippen LogP contribution in [0, 0.1) is 5.92 Å². The maximum absolute atomic E-state index is 9.43. The van der Waals surface area contributed by atoms with Crippen LogP contribution in [0.15, 0.2) is 0 Å². The van der Waals surface area contributed by atoms with Crippen molar-refractivity contribution in [3.63, 3.8) is 0 Å². The lowest BCUT2D eigenvalue weighted by Gasteiger charge is -2.31. The first kappa shape index (κ1) is 8.02. The van der Waals surface area contributed by atoms with Crippen LogP contribution < -0.4 is 5.32 Å². The summed E-state index contributed by atoms with van der Waals surface area (Å²) in [6.07, 6.45) is 3.43. The zero-order valence-electron chi connectivity index (χ0n) is 6.80. The Hall–Kier alpha value is -0.0800. The van der Waals surface area contributed by atoms with Crippen molar-refractivity contribution in [1.82, 2.24) is 5.32 Å². The molecule has 2 heteroatoms. The van der Waals surface area contributed by atoms with E-state index in [-0.39, 0.29) is 6.23 Å². The Kier molecular flexibility index (Phi) is 2.69. The third kappa shape index (κ3) is 1.96. The summed E-state index contributed by atoms with van der Waals surface area (Å²) in [6, 6.07) is 0.399. The molecule has 0 saturated heterocycles. The molecule has 1 atom stereocenters. The summed E-state index contributed by atoms with van der Waals surface area (Å²) in [7, 11) is 0. The molecule has 0 bridgehead atoms. The molecule has 60 valence electrons. The van der Waals surface area contributed by atoms with Gasteiger partial charge in [0.05, 0.1) is 0 Å². The molecule has 1 rings (SSSR count). The summed E-state index contributed by atoms with van der Waals surface area (Å²) < 4.78 is 0. The smallest absolute Gasteiger partial charge is 0.107 e. The minimum atomic E-state index is -0.256. The predicted octanol–water partition coefficient (Wildman–Crippen LogP) is 1.10. The van der Waals surface area contributed by atoms with E-state index in [4.69, 9.17) is 0 Å². The highest BCUT2D eigenvalue weighted by atomic mass is 16.3. The molecule has 0 spiro atoms. The van der Waals surface area contributed by atoms with Gasteiger partial charge >= 0.3 is 0 Å². The molecule has 10 heavy (non-hydrogen) atoms. The highest BCUT2D eigenvalue weighted by Crippen LogP contribution is 2.28. The van der Waals surface area contributed by atoms with E-state index in [0.29, 0.717) is 12.0 Å². The first-order valence-electron chi connectivity index (χ1n) is 4.14. The SMILES string of the molecule is CC(C)NC(O)C1CCC1. The van der Waals surface area contributed by atoms with Gasteiger partial charge in [0.15, 0.2) is 0 Å². The largest absolute Gasteiger partial charge is 0.378 e. The number of hydrogen-bond acceptors (Lipinski definition) is 2. The topological polar surface area (TPSA) is 32.3 Å². The fourth-order valence-electron chi connectivity index (χ4n) is 1.23. The molecule has 0 amide bonds. The van der Waals surface area contributed by atoms with Crippen LogP contribution in [-0.2, 0) is 0 Å². The van der Waals surface area contributed by atoms with Gasteiger partial charge in [0, 0.05) is 6.04 Å². The molecule has 2 N–H and O–H groups in total. The van der Waals surface area contributed by atoms with Crippen molar-refractivity contribution in [2.45, 2.75) is 45.4 Å². The zero-order chi connectivity index (χ0) is 7.56. The number of nitrogens with one attached hydrogen (secondary N) is 1. The van der Waals surface area contributed by atoms with Gasteiger partial charge in [-0.2, -0.15) is 0 Å². The fraction of sp³-hybridized carbons (Fsp3) is 1.00. The summed E-state index contributed by atoms with van der Waals surface area (Å²) in [6.45, 7) is 4.11. The van der Waals surface area contributed by atoms with Gasteiger partial charge in [0.25, 0.3) is 0 Å². The molecule has 0 aromatic carbocycles. The van der Waals surface area contributed by atoms with E-state index in [2.05, 4.69) is 19.2 Å². The van der Waals surface area contributed by atoms with Crippen molar-refractivity contribution in [3.05, 3.63) is 0 Å². The first-order chi connectivity index (χ1) is 4.70. The van der Waals surface area contributed by atoms with Gasteiger partial charge in [0.2, 0.25) is 0 Å². The standard InChI is InChI=1S/C8H17NO/c1-6(2)9-8(10)7-4-3-5-7/h6-10H,3-5H2,1-2H3. The minimum absolute atomic E-state index is 0.256. The van der Waals surface area contributed by atoms with Crippen LogP contribution in [0.5, 0.6) is 0 Å². The van der Waals surface area contributed by atoms with Gasteiger partial charge in [-0.15, -0.1) is 0 Å². The lowest BCUT2D eigenvalue weighted by atomic mass is 9.84. The molecule has 0 aliphatic heterocycles. The molecule has 1 saturated carbocycles. The fourth-order valence-corrected chi connectivity index (χ4v) is 1.23. The van der Waals surface area contributed by atoms with Crippen LogP contribution in [0.25, 0.3) is 0 Å². The molecule has 2 nitrogen and oxygen atoms in total. The van der Waals surface area contributed by atoms with E-state index in [1.54, 1.807) is 0 Å². The Morgan fingerprint density at radius 2 is 2.00 bits per heavy atom. The summed E-state index contributed by atoms with van der Waals surface area (Å²) in [5.74, 6) is 0.530. The average Bonchev–Trinajstić information content (AvgIpc) is 1.55. The number of rotatable bonds is 3. The van der Waals surface area contributed by atoms with Gasteiger partial charge in [0.1, 0.15) is 6.23 Å². The number of aliphatic hydroxyl groups is 1. The van der Waals surface area contributed by atoms with E-state index in [0.717, 1.165) is 0 Å². The lowest BCUT2D eigenvalue weighted by molar-refractivity contribution is 0.0288. The van der Waals surface area contributed by atoms with Crippen molar-refractivity contribution in [3.8, 4) is 0 Å².